The van der Waals surface area contributed by atoms with Crippen LogP contribution in [0.5, 0.6) is 0 Å². The quantitative estimate of drug-likeness (QED) is 0.683. The predicted octanol–water partition coefficient (Wildman–Crippen LogP) is 3.60. The number of thiophene rings is 1. The van der Waals surface area contributed by atoms with Crippen molar-refractivity contribution in [2.45, 2.75) is 26.9 Å². The van der Waals surface area contributed by atoms with E-state index in [1.165, 1.54) is 24.5 Å². The molecule has 0 saturated heterocycles. The highest BCUT2D eigenvalue weighted by Crippen LogP contribution is 2.22. The smallest absolute Gasteiger partial charge is 0.340 e. The van der Waals surface area contributed by atoms with E-state index in [4.69, 9.17) is 16.3 Å². The number of aryl methyl sites for hydroxylation is 2. The molecule has 2 aromatic heterocycles. The number of nitrogens with one attached hydrogen (secondary N) is 1. The van der Waals surface area contributed by atoms with E-state index in [1.807, 2.05) is 13.8 Å². The van der Waals surface area contributed by atoms with Crippen molar-refractivity contribution in [1.29, 1.82) is 0 Å². The summed E-state index contributed by atoms with van der Waals surface area (Å²) < 4.78 is 5.20. The maximum absolute atomic E-state index is 12.1. The predicted molar refractivity (Wildman–Crippen MR) is 86.5 cm³/mol. The minimum absolute atomic E-state index is 0.179. The lowest BCUT2D eigenvalue weighted by molar-refractivity contribution is -0.123. The summed E-state index contributed by atoms with van der Waals surface area (Å²) in [6.07, 6.45) is 0.576. The third-order valence-corrected chi connectivity index (χ3v) is 4.20. The van der Waals surface area contributed by atoms with E-state index < -0.39 is 18.0 Å². The van der Waals surface area contributed by atoms with E-state index in [9.17, 15) is 9.59 Å². The molecule has 2 aromatic rings. The molecule has 1 atom stereocenters. The number of halogens is 1. The molecule has 0 bridgehead atoms. The molecule has 0 unspecified atom stereocenters. The summed E-state index contributed by atoms with van der Waals surface area (Å²) in [6.45, 7) is 5.26. The van der Waals surface area contributed by atoms with Gasteiger partial charge in [-0.05, 0) is 39.0 Å². The lowest BCUT2D eigenvalue weighted by atomic mass is 10.2. The molecule has 7 heteroatoms. The highest BCUT2D eigenvalue weighted by atomic mass is 35.5. The van der Waals surface area contributed by atoms with Gasteiger partial charge in [-0.25, -0.2) is 9.78 Å². The minimum Gasteiger partial charge on any atom is -0.449 e. The second kappa shape index (κ2) is 6.89. The molecule has 5 nitrogen and oxygen atoms in total. The normalized spacial score (nSPS) is 11.8. The SMILES string of the molecule is Cc1cc(C(=O)O[C@H](C)C(=O)Nc2cccnc2Cl)c(C)s1. The number of pyridine rings is 1. The van der Waals surface area contributed by atoms with Gasteiger partial charge >= 0.3 is 5.97 Å². The van der Waals surface area contributed by atoms with Gasteiger partial charge in [0.2, 0.25) is 0 Å². The van der Waals surface area contributed by atoms with Gasteiger partial charge in [0.05, 0.1) is 11.3 Å². The molecule has 22 heavy (non-hydrogen) atoms. The van der Waals surface area contributed by atoms with Crippen LogP contribution in [0.3, 0.4) is 0 Å². The first-order valence-electron chi connectivity index (χ1n) is 6.58. The Bertz CT molecular complexity index is 715. The Morgan fingerprint density at radius 3 is 2.73 bits per heavy atom. The zero-order valence-electron chi connectivity index (χ0n) is 12.3. The van der Waals surface area contributed by atoms with Crippen LogP contribution >= 0.6 is 22.9 Å². The van der Waals surface area contributed by atoms with Crippen LogP contribution in [0.2, 0.25) is 5.15 Å². The van der Waals surface area contributed by atoms with E-state index in [0.29, 0.717) is 11.3 Å². The molecule has 2 heterocycles. The number of carbonyl (C=O) groups is 2. The van der Waals surface area contributed by atoms with Gasteiger partial charge in [-0.15, -0.1) is 11.3 Å². The highest BCUT2D eigenvalue weighted by Gasteiger charge is 2.21. The number of nitrogens with zero attached hydrogens (tertiary/aromatic N) is 1. The molecule has 0 aromatic carbocycles. The largest absolute Gasteiger partial charge is 0.449 e. The summed E-state index contributed by atoms with van der Waals surface area (Å²) in [4.78, 5) is 29.9. The summed E-state index contributed by atoms with van der Waals surface area (Å²) in [5, 5.41) is 2.76. The van der Waals surface area contributed by atoms with Crippen LogP contribution in [0.15, 0.2) is 24.4 Å². The zero-order valence-corrected chi connectivity index (χ0v) is 13.9. The third-order valence-electron chi connectivity index (χ3n) is 2.93. The molecule has 0 spiro atoms. The standard InChI is InChI=1S/C15H15ClN2O3S/c1-8-7-11(10(3)22-8)15(20)21-9(2)14(19)18-12-5-4-6-17-13(12)16/h4-7,9H,1-3H3,(H,18,19)/t9-/m1/s1. The van der Waals surface area contributed by atoms with Gasteiger partial charge in [-0.1, -0.05) is 11.6 Å². The van der Waals surface area contributed by atoms with Crippen LogP contribution in [0, 0.1) is 13.8 Å². The summed E-state index contributed by atoms with van der Waals surface area (Å²) in [7, 11) is 0. The molecule has 1 amide bonds. The number of hydrogen-bond acceptors (Lipinski definition) is 5. The van der Waals surface area contributed by atoms with Crippen molar-refractivity contribution < 1.29 is 14.3 Å². The van der Waals surface area contributed by atoms with E-state index >= 15 is 0 Å². The van der Waals surface area contributed by atoms with Crippen molar-refractivity contribution in [3.8, 4) is 0 Å². The number of amides is 1. The average Bonchev–Trinajstić information content (AvgIpc) is 2.80. The van der Waals surface area contributed by atoms with Crippen LogP contribution in [0.1, 0.15) is 27.0 Å². The van der Waals surface area contributed by atoms with Crippen molar-refractivity contribution in [2.24, 2.45) is 0 Å². The number of aromatic nitrogens is 1. The van der Waals surface area contributed by atoms with Crippen molar-refractivity contribution >= 4 is 40.5 Å². The molecule has 0 radical (unpaired) electrons. The van der Waals surface area contributed by atoms with Crippen molar-refractivity contribution in [3.63, 3.8) is 0 Å². The number of hydrogen-bond donors (Lipinski definition) is 1. The Kier molecular flexibility index (Phi) is 5.15. The summed E-state index contributed by atoms with van der Waals surface area (Å²) >= 11 is 7.38. The molecular formula is C15H15ClN2O3S. The first kappa shape index (κ1) is 16.5. The van der Waals surface area contributed by atoms with Crippen molar-refractivity contribution in [2.75, 3.05) is 5.32 Å². The molecular weight excluding hydrogens is 324 g/mol. The van der Waals surface area contributed by atoms with Crippen LogP contribution < -0.4 is 5.32 Å². The maximum atomic E-state index is 12.1. The van der Waals surface area contributed by atoms with E-state index in [-0.39, 0.29) is 5.15 Å². The Morgan fingerprint density at radius 2 is 2.14 bits per heavy atom. The fourth-order valence-corrected chi connectivity index (χ4v) is 2.90. The average molecular weight is 339 g/mol. The van der Waals surface area contributed by atoms with Gasteiger partial charge in [0, 0.05) is 16.0 Å². The molecule has 0 aliphatic heterocycles. The number of anilines is 1. The molecule has 116 valence electrons. The molecule has 2 rings (SSSR count). The Labute approximate surface area is 137 Å². The number of carbonyl (C=O) groups excluding carboxylic acids is 2. The van der Waals surface area contributed by atoms with Crippen molar-refractivity contribution in [1.82, 2.24) is 4.98 Å². The summed E-state index contributed by atoms with van der Waals surface area (Å²) in [6, 6.07) is 5.02. The topological polar surface area (TPSA) is 68.3 Å². The maximum Gasteiger partial charge on any atom is 0.340 e. The third kappa shape index (κ3) is 3.84. The number of esters is 1. The van der Waals surface area contributed by atoms with Gasteiger partial charge in [0.25, 0.3) is 5.91 Å². The number of rotatable bonds is 4. The molecule has 0 aliphatic carbocycles. The van der Waals surface area contributed by atoms with Crippen LogP contribution in [0.25, 0.3) is 0 Å². The fourth-order valence-electron chi connectivity index (χ4n) is 1.82. The zero-order chi connectivity index (χ0) is 16.3. The van der Waals surface area contributed by atoms with Gasteiger partial charge in [0.1, 0.15) is 0 Å². The van der Waals surface area contributed by atoms with Crippen molar-refractivity contribution in [3.05, 3.63) is 44.9 Å². The second-order valence-corrected chi connectivity index (χ2v) is 6.52. The van der Waals surface area contributed by atoms with Crippen LogP contribution in [-0.4, -0.2) is 23.0 Å². The Morgan fingerprint density at radius 1 is 1.41 bits per heavy atom. The molecule has 0 aliphatic rings. The van der Waals surface area contributed by atoms with Gasteiger partial charge < -0.3 is 10.1 Å². The number of ether oxygens (including phenoxy) is 1. The minimum atomic E-state index is -0.941. The van der Waals surface area contributed by atoms with Crippen LogP contribution in [-0.2, 0) is 9.53 Å². The molecule has 0 fully saturated rings. The Balaban J connectivity index is 2.01. The lowest BCUT2D eigenvalue weighted by Crippen LogP contribution is -2.30. The molecule has 1 N–H and O–H groups in total. The van der Waals surface area contributed by atoms with Crippen LogP contribution in [0.4, 0.5) is 5.69 Å². The van der Waals surface area contributed by atoms with E-state index in [0.717, 1.165) is 9.75 Å². The lowest BCUT2D eigenvalue weighted by Gasteiger charge is -2.13. The monoisotopic (exact) mass is 338 g/mol. The van der Waals surface area contributed by atoms with E-state index in [2.05, 4.69) is 10.3 Å². The molecule has 0 saturated carbocycles. The Hall–Kier alpha value is -1.92. The first-order chi connectivity index (χ1) is 10.4. The summed E-state index contributed by atoms with van der Waals surface area (Å²) in [5.74, 6) is -0.977. The fraction of sp³-hybridized carbons (Fsp3) is 0.267. The summed E-state index contributed by atoms with van der Waals surface area (Å²) in [5.41, 5.74) is 0.862. The van der Waals surface area contributed by atoms with Gasteiger partial charge in [-0.3, -0.25) is 4.79 Å². The highest BCUT2D eigenvalue weighted by molar-refractivity contribution is 7.12. The first-order valence-corrected chi connectivity index (χ1v) is 7.77. The van der Waals surface area contributed by atoms with Gasteiger partial charge in [-0.2, -0.15) is 0 Å². The second-order valence-electron chi connectivity index (χ2n) is 4.71. The van der Waals surface area contributed by atoms with Gasteiger partial charge in [0.15, 0.2) is 11.3 Å². The van der Waals surface area contributed by atoms with E-state index in [1.54, 1.807) is 18.2 Å².